The average Bonchev–Trinajstić information content (AvgIpc) is 3.36. The Hall–Kier alpha value is -3.00. The number of benzene rings is 1. The molecule has 1 amide bonds. The van der Waals surface area contributed by atoms with Crippen molar-refractivity contribution in [3.8, 4) is 11.3 Å². The Labute approximate surface area is 177 Å². The molecule has 1 fully saturated rings. The summed E-state index contributed by atoms with van der Waals surface area (Å²) in [6, 6.07) is 10.0. The van der Waals surface area contributed by atoms with Crippen molar-refractivity contribution in [2.75, 3.05) is 11.5 Å². The van der Waals surface area contributed by atoms with E-state index in [0.717, 1.165) is 11.3 Å². The molecule has 0 unspecified atom stereocenters. The first-order valence-corrected chi connectivity index (χ1v) is 9.94. The van der Waals surface area contributed by atoms with Crippen LogP contribution in [0.2, 0.25) is 5.02 Å². The van der Waals surface area contributed by atoms with Gasteiger partial charge in [-0.05, 0) is 37.3 Å². The van der Waals surface area contributed by atoms with Crippen molar-refractivity contribution in [2.45, 2.75) is 38.4 Å². The molecule has 1 aromatic carbocycles. The smallest absolute Gasteiger partial charge is 0.416 e. The van der Waals surface area contributed by atoms with Crippen molar-refractivity contribution >= 4 is 23.5 Å². The van der Waals surface area contributed by atoms with E-state index in [1.807, 2.05) is 25.1 Å². The first-order valence-electron chi connectivity index (χ1n) is 9.57. The Kier molecular flexibility index (Phi) is 5.67. The Bertz CT molecular complexity index is 1040. The van der Waals surface area contributed by atoms with Gasteiger partial charge in [0.25, 0.3) is 0 Å². The molecular weight excluding hydrogens is 411 g/mol. The van der Waals surface area contributed by atoms with Crippen LogP contribution in [-0.2, 0) is 11.2 Å². The normalized spacial score (nSPS) is 18.3. The summed E-state index contributed by atoms with van der Waals surface area (Å²) in [4.78, 5) is 22.0. The van der Waals surface area contributed by atoms with Gasteiger partial charge in [0.05, 0.1) is 5.69 Å². The number of amides is 1. The van der Waals surface area contributed by atoms with Gasteiger partial charge in [0.1, 0.15) is 30.5 Å². The lowest BCUT2D eigenvalue weighted by Gasteiger charge is -2.21. The number of aromatic nitrogens is 3. The second kappa shape index (κ2) is 8.39. The van der Waals surface area contributed by atoms with E-state index in [2.05, 4.69) is 15.1 Å². The summed E-state index contributed by atoms with van der Waals surface area (Å²) in [7, 11) is 0. The number of carbonyl (C=O) groups excluding carboxylic acids is 1. The second-order valence-corrected chi connectivity index (χ2v) is 7.69. The highest BCUT2D eigenvalue weighted by Gasteiger charge is 2.39. The summed E-state index contributed by atoms with van der Waals surface area (Å²) in [6.07, 6.45) is 0.179. The highest BCUT2D eigenvalue weighted by Crippen LogP contribution is 2.28. The zero-order valence-corrected chi connectivity index (χ0v) is 17.2. The molecule has 156 valence electrons. The van der Waals surface area contributed by atoms with Gasteiger partial charge in [-0.25, -0.2) is 19.2 Å². The molecule has 3 heterocycles. The monoisotopic (exact) mass is 430 g/mol. The van der Waals surface area contributed by atoms with E-state index in [1.165, 1.54) is 11.8 Å². The molecule has 30 heavy (non-hydrogen) atoms. The van der Waals surface area contributed by atoms with Crippen molar-refractivity contribution in [1.82, 2.24) is 15.1 Å². The minimum absolute atomic E-state index is 0.00134. The van der Waals surface area contributed by atoms with Crippen molar-refractivity contribution in [2.24, 2.45) is 0 Å². The van der Waals surface area contributed by atoms with Crippen LogP contribution in [0.4, 0.5) is 15.0 Å². The molecule has 1 aliphatic heterocycles. The van der Waals surface area contributed by atoms with E-state index in [1.54, 1.807) is 24.4 Å². The SMILES string of the molecule is C[C@H](Cc1nccc(N2C(=O)OC[C@@H]2[C@H](C)F)n1)c1cc(-c2ccc(Cl)cc2)on1. The molecular formula is C21H20ClFN4O3. The number of hydrogen-bond donors (Lipinski definition) is 0. The fourth-order valence-corrected chi connectivity index (χ4v) is 3.43. The van der Waals surface area contributed by atoms with Gasteiger partial charge in [-0.1, -0.05) is 23.7 Å². The summed E-state index contributed by atoms with van der Waals surface area (Å²) in [5, 5.41) is 4.81. The minimum Gasteiger partial charge on any atom is -0.447 e. The van der Waals surface area contributed by atoms with Crippen LogP contribution in [0.25, 0.3) is 11.3 Å². The number of cyclic esters (lactones) is 1. The molecule has 0 saturated carbocycles. The Morgan fingerprint density at radius 1 is 1.27 bits per heavy atom. The van der Waals surface area contributed by atoms with Gasteiger partial charge in [0.2, 0.25) is 0 Å². The van der Waals surface area contributed by atoms with Crippen LogP contribution in [0.15, 0.2) is 47.1 Å². The molecule has 1 aliphatic rings. The molecule has 0 spiro atoms. The zero-order valence-electron chi connectivity index (χ0n) is 16.5. The highest BCUT2D eigenvalue weighted by molar-refractivity contribution is 6.30. The first kappa shape index (κ1) is 20.3. The summed E-state index contributed by atoms with van der Waals surface area (Å²) in [5.41, 5.74) is 1.63. The summed E-state index contributed by atoms with van der Waals surface area (Å²) in [5.74, 6) is 1.45. The molecule has 1 saturated heterocycles. The van der Waals surface area contributed by atoms with Crippen molar-refractivity contribution in [1.29, 1.82) is 0 Å². The molecule has 4 rings (SSSR count). The van der Waals surface area contributed by atoms with Crippen molar-refractivity contribution in [3.63, 3.8) is 0 Å². The largest absolute Gasteiger partial charge is 0.447 e. The third kappa shape index (κ3) is 4.14. The predicted octanol–water partition coefficient (Wildman–Crippen LogP) is 4.81. The Morgan fingerprint density at radius 3 is 2.77 bits per heavy atom. The van der Waals surface area contributed by atoms with Gasteiger partial charge in [-0.15, -0.1) is 0 Å². The lowest BCUT2D eigenvalue weighted by Crippen LogP contribution is -2.39. The molecule has 3 atom stereocenters. The molecule has 0 radical (unpaired) electrons. The maximum Gasteiger partial charge on any atom is 0.416 e. The fraction of sp³-hybridized carbons (Fsp3) is 0.333. The quantitative estimate of drug-likeness (QED) is 0.558. The van der Waals surface area contributed by atoms with Gasteiger partial charge in [-0.2, -0.15) is 0 Å². The molecule has 0 N–H and O–H groups in total. The van der Waals surface area contributed by atoms with Gasteiger partial charge < -0.3 is 9.26 Å². The summed E-state index contributed by atoms with van der Waals surface area (Å²) in [6.45, 7) is 3.38. The van der Waals surface area contributed by atoms with Crippen LogP contribution in [0.5, 0.6) is 0 Å². The zero-order chi connectivity index (χ0) is 21.3. The minimum atomic E-state index is -1.24. The maximum absolute atomic E-state index is 13.9. The standard InChI is InChI=1S/C21H20ClFN4O3/c1-12(16-10-18(30-26-16)14-3-5-15(22)6-4-14)9-19-24-8-7-20(25-19)27-17(13(2)23)11-29-21(27)28/h3-8,10,12-13,17H,9,11H2,1-2H3/t12-,13+,17-/m1/s1. The van der Waals surface area contributed by atoms with Crippen LogP contribution >= 0.6 is 11.6 Å². The van der Waals surface area contributed by atoms with E-state index in [4.69, 9.17) is 20.9 Å². The average molecular weight is 431 g/mol. The lowest BCUT2D eigenvalue weighted by atomic mass is 10.0. The fourth-order valence-electron chi connectivity index (χ4n) is 3.31. The van der Waals surface area contributed by atoms with E-state index < -0.39 is 18.3 Å². The maximum atomic E-state index is 13.9. The van der Waals surface area contributed by atoms with Crippen molar-refractivity contribution in [3.05, 3.63) is 59.1 Å². The number of ether oxygens (including phenoxy) is 1. The highest BCUT2D eigenvalue weighted by atomic mass is 35.5. The lowest BCUT2D eigenvalue weighted by molar-refractivity contribution is 0.174. The molecule has 0 bridgehead atoms. The van der Waals surface area contributed by atoms with E-state index in [9.17, 15) is 9.18 Å². The number of hydrogen-bond acceptors (Lipinski definition) is 6. The number of rotatable bonds is 6. The number of halogens is 2. The predicted molar refractivity (Wildman–Crippen MR) is 109 cm³/mol. The van der Waals surface area contributed by atoms with Crippen LogP contribution in [0, 0.1) is 0 Å². The van der Waals surface area contributed by atoms with Gasteiger partial charge in [0.15, 0.2) is 5.76 Å². The molecule has 9 heteroatoms. The Morgan fingerprint density at radius 2 is 2.03 bits per heavy atom. The molecule has 0 aliphatic carbocycles. The van der Waals surface area contributed by atoms with E-state index >= 15 is 0 Å². The third-order valence-electron chi connectivity index (χ3n) is 5.02. The van der Waals surface area contributed by atoms with Crippen LogP contribution in [0.3, 0.4) is 0 Å². The second-order valence-electron chi connectivity index (χ2n) is 7.25. The molecule has 2 aromatic heterocycles. The number of alkyl halides is 1. The summed E-state index contributed by atoms with van der Waals surface area (Å²) >= 11 is 5.93. The van der Waals surface area contributed by atoms with Gasteiger partial charge in [0, 0.05) is 35.2 Å². The number of carbonyl (C=O) groups is 1. The topological polar surface area (TPSA) is 81.4 Å². The molecule has 7 nitrogen and oxygen atoms in total. The van der Waals surface area contributed by atoms with Crippen LogP contribution in [-0.4, -0.2) is 40.0 Å². The van der Waals surface area contributed by atoms with Crippen LogP contribution < -0.4 is 4.90 Å². The van der Waals surface area contributed by atoms with Crippen molar-refractivity contribution < 1.29 is 18.4 Å². The van der Waals surface area contributed by atoms with Gasteiger partial charge in [-0.3, -0.25) is 4.90 Å². The summed E-state index contributed by atoms with van der Waals surface area (Å²) < 4.78 is 24.3. The first-order chi connectivity index (χ1) is 14.4. The third-order valence-corrected chi connectivity index (χ3v) is 5.28. The van der Waals surface area contributed by atoms with E-state index in [-0.39, 0.29) is 12.5 Å². The Balaban J connectivity index is 1.50. The van der Waals surface area contributed by atoms with Crippen LogP contribution in [0.1, 0.15) is 31.3 Å². The number of nitrogens with zero attached hydrogens (tertiary/aromatic N) is 4. The number of anilines is 1. The van der Waals surface area contributed by atoms with Gasteiger partial charge >= 0.3 is 6.09 Å². The van der Waals surface area contributed by atoms with E-state index in [0.29, 0.717) is 28.8 Å². The molecule has 3 aromatic rings.